The fourth-order valence-electron chi connectivity index (χ4n) is 2.65. The Balaban J connectivity index is 2.29. The van der Waals surface area contributed by atoms with Crippen molar-refractivity contribution in [3.05, 3.63) is 64.7 Å². The molecule has 112 valence electrons. The topological polar surface area (TPSA) is 9.23 Å². The summed E-state index contributed by atoms with van der Waals surface area (Å²) < 4.78 is 5.42. The Bertz CT molecular complexity index is 592. The third-order valence-electron chi connectivity index (χ3n) is 3.93. The van der Waals surface area contributed by atoms with Gasteiger partial charge in [-0.1, -0.05) is 50.2 Å². The van der Waals surface area contributed by atoms with Gasteiger partial charge in [-0.05, 0) is 47.6 Å². The molecule has 0 saturated carbocycles. The predicted molar refractivity (Wildman–Crippen MR) is 90.5 cm³/mol. The first-order valence-electron chi connectivity index (χ1n) is 7.57. The van der Waals surface area contributed by atoms with Gasteiger partial charge >= 0.3 is 0 Å². The van der Waals surface area contributed by atoms with Crippen LogP contribution in [0.5, 0.6) is 5.75 Å². The number of ether oxygens (including phenoxy) is 1. The molecule has 0 heterocycles. The van der Waals surface area contributed by atoms with Crippen molar-refractivity contribution in [2.75, 3.05) is 7.11 Å². The summed E-state index contributed by atoms with van der Waals surface area (Å²) in [7, 11) is 1.71. The van der Waals surface area contributed by atoms with Crippen molar-refractivity contribution in [1.29, 1.82) is 0 Å². The van der Waals surface area contributed by atoms with E-state index >= 15 is 0 Å². The van der Waals surface area contributed by atoms with E-state index in [4.69, 9.17) is 16.3 Å². The zero-order valence-electron chi connectivity index (χ0n) is 13.0. The molecule has 2 aromatic rings. The number of hydrogen-bond donors (Lipinski definition) is 0. The van der Waals surface area contributed by atoms with Gasteiger partial charge in [-0.3, -0.25) is 0 Å². The van der Waals surface area contributed by atoms with Crippen LogP contribution in [-0.4, -0.2) is 7.11 Å². The lowest BCUT2D eigenvalue weighted by Gasteiger charge is -2.17. The number of rotatable bonds is 6. The van der Waals surface area contributed by atoms with Crippen LogP contribution in [0.2, 0.25) is 0 Å². The lowest BCUT2D eigenvalue weighted by atomic mass is 9.95. The van der Waals surface area contributed by atoms with Gasteiger partial charge in [0.15, 0.2) is 0 Å². The maximum Gasteiger partial charge on any atom is 0.122 e. The molecule has 0 spiro atoms. The Morgan fingerprint density at radius 3 is 2.43 bits per heavy atom. The summed E-state index contributed by atoms with van der Waals surface area (Å²) in [5.41, 5.74) is 5.09. The number of hydrogen-bond acceptors (Lipinski definition) is 1. The van der Waals surface area contributed by atoms with Gasteiger partial charge in [-0.15, -0.1) is 11.6 Å². The molecule has 0 N–H and O–H groups in total. The standard InChI is InChI=1S/C19H23ClO/c1-4-14-10-11-15(5-2)17(12-14)18(20)13-16-8-6-7-9-19(16)21-3/h6-12,18H,4-5,13H2,1-3H3. The van der Waals surface area contributed by atoms with Gasteiger partial charge in [0.1, 0.15) is 5.75 Å². The molecule has 0 amide bonds. The maximum atomic E-state index is 6.73. The molecule has 0 fully saturated rings. The molecule has 0 saturated heterocycles. The van der Waals surface area contributed by atoms with Crippen LogP contribution in [0.1, 0.15) is 41.5 Å². The zero-order chi connectivity index (χ0) is 15.2. The molecule has 0 aromatic heterocycles. The monoisotopic (exact) mass is 302 g/mol. The van der Waals surface area contributed by atoms with E-state index < -0.39 is 0 Å². The van der Waals surface area contributed by atoms with Gasteiger partial charge in [0.05, 0.1) is 12.5 Å². The van der Waals surface area contributed by atoms with Crippen LogP contribution in [0.25, 0.3) is 0 Å². The van der Waals surface area contributed by atoms with E-state index in [9.17, 15) is 0 Å². The summed E-state index contributed by atoms with van der Waals surface area (Å²) >= 11 is 6.73. The van der Waals surface area contributed by atoms with E-state index in [1.54, 1.807) is 7.11 Å². The second kappa shape index (κ2) is 7.51. The van der Waals surface area contributed by atoms with E-state index in [2.05, 4.69) is 38.1 Å². The molecule has 2 rings (SSSR count). The summed E-state index contributed by atoms with van der Waals surface area (Å²) in [5, 5.41) is -0.0252. The van der Waals surface area contributed by atoms with E-state index in [1.165, 1.54) is 16.7 Å². The average molecular weight is 303 g/mol. The second-order valence-electron chi connectivity index (χ2n) is 5.22. The van der Waals surface area contributed by atoms with Crippen LogP contribution < -0.4 is 4.74 Å². The third kappa shape index (κ3) is 3.79. The minimum absolute atomic E-state index is 0.0252. The largest absolute Gasteiger partial charge is 0.496 e. The number of halogens is 1. The quantitative estimate of drug-likeness (QED) is 0.654. The van der Waals surface area contributed by atoms with Crippen molar-refractivity contribution in [1.82, 2.24) is 0 Å². The highest BCUT2D eigenvalue weighted by Gasteiger charge is 2.15. The molecule has 0 aliphatic carbocycles. The van der Waals surface area contributed by atoms with Gasteiger partial charge in [0.25, 0.3) is 0 Å². The molecule has 2 heteroatoms. The summed E-state index contributed by atoms with van der Waals surface area (Å²) in [6.45, 7) is 4.35. The lowest BCUT2D eigenvalue weighted by Crippen LogP contribution is -2.03. The Labute approximate surface area is 132 Å². The highest BCUT2D eigenvalue weighted by Crippen LogP contribution is 2.32. The fourth-order valence-corrected chi connectivity index (χ4v) is 3.02. The van der Waals surface area contributed by atoms with Crippen LogP contribution in [-0.2, 0) is 19.3 Å². The molecule has 2 aromatic carbocycles. The summed E-state index contributed by atoms with van der Waals surface area (Å²) in [6, 6.07) is 14.8. The van der Waals surface area contributed by atoms with Crippen molar-refractivity contribution in [2.24, 2.45) is 0 Å². The molecular weight excluding hydrogens is 280 g/mol. The normalized spacial score (nSPS) is 12.2. The number of alkyl halides is 1. The van der Waals surface area contributed by atoms with Gasteiger partial charge in [0.2, 0.25) is 0 Å². The third-order valence-corrected chi connectivity index (χ3v) is 4.32. The van der Waals surface area contributed by atoms with Crippen molar-refractivity contribution in [3.63, 3.8) is 0 Å². The summed E-state index contributed by atoms with van der Waals surface area (Å²) in [4.78, 5) is 0. The molecule has 21 heavy (non-hydrogen) atoms. The maximum absolute atomic E-state index is 6.73. The Kier molecular flexibility index (Phi) is 5.69. The van der Waals surface area contributed by atoms with Gasteiger partial charge in [0, 0.05) is 0 Å². The molecule has 1 unspecified atom stereocenters. The van der Waals surface area contributed by atoms with Crippen LogP contribution in [0.3, 0.4) is 0 Å². The molecule has 1 nitrogen and oxygen atoms in total. The summed E-state index contributed by atoms with van der Waals surface area (Å²) in [5.74, 6) is 0.910. The molecule has 0 radical (unpaired) electrons. The van der Waals surface area contributed by atoms with Crippen LogP contribution >= 0.6 is 11.6 Å². The van der Waals surface area contributed by atoms with E-state index in [0.717, 1.165) is 30.6 Å². The minimum Gasteiger partial charge on any atom is -0.496 e. The number of benzene rings is 2. The second-order valence-corrected chi connectivity index (χ2v) is 5.75. The van der Waals surface area contributed by atoms with Gasteiger partial charge in [-0.25, -0.2) is 0 Å². The first-order chi connectivity index (χ1) is 10.2. The van der Waals surface area contributed by atoms with Gasteiger partial charge < -0.3 is 4.74 Å². The van der Waals surface area contributed by atoms with Crippen molar-refractivity contribution >= 4 is 11.6 Å². The van der Waals surface area contributed by atoms with Gasteiger partial charge in [-0.2, -0.15) is 0 Å². The first kappa shape index (κ1) is 15.9. The number of para-hydroxylation sites is 1. The van der Waals surface area contributed by atoms with E-state index in [0.29, 0.717) is 0 Å². The van der Waals surface area contributed by atoms with E-state index in [1.807, 2.05) is 18.2 Å². The van der Waals surface area contributed by atoms with Crippen molar-refractivity contribution < 1.29 is 4.74 Å². The van der Waals surface area contributed by atoms with E-state index in [-0.39, 0.29) is 5.38 Å². The lowest BCUT2D eigenvalue weighted by molar-refractivity contribution is 0.409. The Morgan fingerprint density at radius 1 is 1.00 bits per heavy atom. The van der Waals surface area contributed by atoms with Crippen molar-refractivity contribution in [2.45, 2.75) is 38.5 Å². The molecular formula is C19H23ClO. The SMILES string of the molecule is CCc1ccc(CC)c(C(Cl)Cc2ccccc2OC)c1. The highest BCUT2D eigenvalue weighted by atomic mass is 35.5. The fraction of sp³-hybridized carbons (Fsp3) is 0.368. The smallest absolute Gasteiger partial charge is 0.122 e. The first-order valence-corrected chi connectivity index (χ1v) is 8.00. The Morgan fingerprint density at radius 2 is 1.76 bits per heavy atom. The molecule has 1 atom stereocenters. The summed E-state index contributed by atoms with van der Waals surface area (Å²) in [6.07, 6.45) is 2.83. The van der Waals surface area contributed by atoms with Crippen LogP contribution in [0, 0.1) is 0 Å². The van der Waals surface area contributed by atoms with Crippen molar-refractivity contribution in [3.8, 4) is 5.75 Å². The average Bonchev–Trinajstić information content (AvgIpc) is 2.54. The predicted octanol–water partition coefficient (Wildman–Crippen LogP) is 5.34. The number of aryl methyl sites for hydroxylation is 2. The Hall–Kier alpha value is -1.47. The minimum atomic E-state index is -0.0252. The number of methoxy groups -OCH3 is 1. The molecule has 0 aliphatic rings. The molecule has 0 bridgehead atoms. The zero-order valence-corrected chi connectivity index (χ0v) is 13.8. The van der Waals surface area contributed by atoms with Crippen LogP contribution in [0.15, 0.2) is 42.5 Å². The molecule has 0 aliphatic heterocycles. The van der Waals surface area contributed by atoms with Crippen LogP contribution in [0.4, 0.5) is 0 Å². The highest BCUT2D eigenvalue weighted by molar-refractivity contribution is 6.21.